The van der Waals surface area contributed by atoms with E-state index in [1.807, 2.05) is 0 Å². The highest BCUT2D eigenvalue weighted by Gasteiger charge is 2.20. The first-order valence-corrected chi connectivity index (χ1v) is 8.25. The van der Waals surface area contributed by atoms with E-state index in [4.69, 9.17) is 16.3 Å². The molecule has 0 saturated carbocycles. The van der Waals surface area contributed by atoms with Crippen molar-refractivity contribution < 1.29 is 14.6 Å². The summed E-state index contributed by atoms with van der Waals surface area (Å²) in [6, 6.07) is 5.03. The van der Waals surface area contributed by atoms with Crippen molar-refractivity contribution in [3.8, 4) is 5.75 Å². The number of nitrogens with one attached hydrogen (secondary N) is 2. The molecule has 1 aliphatic heterocycles. The third-order valence-electron chi connectivity index (χ3n) is 4.05. The van der Waals surface area contributed by atoms with Crippen LogP contribution >= 0.6 is 11.6 Å². The number of carbonyl (C=O) groups is 1. The van der Waals surface area contributed by atoms with Gasteiger partial charge in [0.25, 0.3) is 0 Å². The van der Waals surface area contributed by atoms with E-state index >= 15 is 0 Å². The van der Waals surface area contributed by atoms with Crippen LogP contribution in [-0.2, 0) is 0 Å². The van der Waals surface area contributed by atoms with Gasteiger partial charge in [0.15, 0.2) is 0 Å². The van der Waals surface area contributed by atoms with Crippen molar-refractivity contribution in [2.75, 3.05) is 38.7 Å². The molecule has 1 aromatic carbocycles. The Morgan fingerprint density at radius 1 is 1.48 bits per heavy atom. The van der Waals surface area contributed by atoms with Gasteiger partial charge in [-0.15, -0.1) is 0 Å². The van der Waals surface area contributed by atoms with E-state index in [-0.39, 0.29) is 18.7 Å². The summed E-state index contributed by atoms with van der Waals surface area (Å²) in [5.41, 5.74) is 0.611. The second-order valence-electron chi connectivity index (χ2n) is 5.60. The fourth-order valence-electron chi connectivity index (χ4n) is 2.79. The molecule has 0 radical (unpaired) electrons. The summed E-state index contributed by atoms with van der Waals surface area (Å²) in [6.45, 7) is 2.42. The lowest BCUT2D eigenvalue weighted by Crippen LogP contribution is -2.46. The number of urea groups is 1. The monoisotopic (exact) mass is 341 g/mol. The number of amides is 2. The SMILES string of the molecule is COc1ccc(NC(=O)NCCN2CCCCC2CO)cc1Cl. The van der Waals surface area contributed by atoms with Crippen molar-refractivity contribution >= 4 is 23.3 Å². The molecule has 3 N–H and O–H groups in total. The van der Waals surface area contributed by atoms with Gasteiger partial charge in [0, 0.05) is 24.8 Å². The second-order valence-corrected chi connectivity index (χ2v) is 6.01. The Balaban J connectivity index is 1.75. The van der Waals surface area contributed by atoms with Crippen LogP contribution in [0.15, 0.2) is 18.2 Å². The quantitative estimate of drug-likeness (QED) is 0.742. The zero-order chi connectivity index (χ0) is 16.7. The average Bonchev–Trinajstić information content (AvgIpc) is 2.55. The van der Waals surface area contributed by atoms with Crippen LogP contribution in [0.3, 0.4) is 0 Å². The topological polar surface area (TPSA) is 73.8 Å². The molecule has 128 valence electrons. The molecular weight excluding hydrogens is 318 g/mol. The third-order valence-corrected chi connectivity index (χ3v) is 4.35. The normalized spacial score (nSPS) is 18.5. The van der Waals surface area contributed by atoms with Crippen molar-refractivity contribution in [1.82, 2.24) is 10.2 Å². The number of methoxy groups -OCH3 is 1. The molecule has 2 amide bonds. The summed E-state index contributed by atoms with van der Waals surface area (Å²) in [5.74, 6) is 0.567. The van der Waals surface area contributed by atoms with Gasteiger partial charge >= 0.3 is 6.03 Å². The summed E-state index contributed by atoms with van der Waals surface area (Å²) >= 11 is 6.02. The van der Waals surface area contributed by atoms with Crippen molar-refractivity contribution in [2.45, 2.75) is 25.3 Å². The van der Waals surface area contributed by atoms with Gasteiger partial charge in [0.1, 0.15) is 5.75 Å². The van der Waals surface area contributed by atoms with Gasteiger partial charge in [0.05, 0.1) is 18.7 Å². The van der Waals surface area contributed by atoms with Gasteiger partial charge < -0.3 is 20.5 Å². The number of carbonyl (C=O) groups excluding carboxylic acids is 1. The lowest BCUT2D eigenvalue weighted by atomic mass is 10.0. The van der Waals surface area contributed by atoms with Gasteiger partial charge in [-0.1, -0.05) is 18.0 Å². The number of aliphatic hydroxyl groups excluding tert-OH is 1. The lowest BCUT2D eigenvalue weighted by molar-refractivity contribution is 0.0917. The average molecular weight is 342 g/mol. The molecule has 1 fully saturated rings. The highest BCUT2D eigenvalue weighted by atomic mass is 35.5. The Morgan fingerprint density at radius 2 is 2.30 bits per heavy atom. The maximum atomic E-state index is 11.9. The Kier molecular flexibility index (Phi) is 6.95. The third kappa shape index (κ3) is 5.27. The predicted molar refractivity (Wildman–Crippen MR) is 91.3 cm³/mol. The molecule has 7 heteroatoms. The number of nitrogens with zero attached hydrogens (tertiary/aromatic N) is 1. The summed E-state index contributed by atoms with van der Waals surface area (Å²) in [6.07, 6.45) is 3.33. The molecule has 1 aromatic rings. The van der Waals surface area contributed by atoms with E-state index in [0.29, 0.717) is 23.0 Å². The minimum Gasteiger partial charge on any atom is -0.495 e. The maximum Gasteiger partial charge on any atom is 0.319 e. The van der Waals surface area contributed by atoms with E-state index in [0.717, 1.165) is 32.4 Å². The number of anilines is 1. The largest absolute Gasteiger partial charge is 0.495 e. The minimum absolute atomic E-state index is 0.177. The number of piperidine rings is 1. The first-order chi connectivity index (χ1) is 11.1. The molecule has 2 rings (SSSR count). The number of ether oxygens (including phenoxy) is 1. The van der Waals surface area contributed by atoms with Crippen LogP contribution in [-0.4, -0.2) is 55.4 Å². The van der Waals surface area contributed by atoms with E-state index in [2.05, 4.69) is 15.5 Å². The van der Waals surface area contributed by atoms with E-state index in [1.54, 1.807) is 25.3 Å². The maximum absolute atomic E-state index is 11.9. The molecule has 0 spiro atoms. The molecule has 0 aliphatic carbocycles. The minimum atomic E-state index is -0.274. The van der Waals surface area contributed by atoms with Crippen LogP contribution in [0.25, 0.3) is 0 Å². The summed E-state index contributed by atoms with van der Waals surface area (Å²) in [5, 5.41) is 15.4. The fraction of sp³-hybridized carbons (Fsp3) is 0.562. The van der Waals surface area contributed by atoms with E-state index in [1.165, 1.54) is 0 Å². The van der Waals surface area contributed by atoms with Gasteiger partial charge in [-0.3, -0.25) is 4.90 Å². The van der Waals surface area contributed by atoms with Crippen molar-refractivity contribution in [3.05, 3.63) is 23.2 Å². The number of hydrogen-bond acceptors (Lipinski definition) is 4. The number of benzene rings is 1. The molecule has 1 atom stereocenters. The van der Waals surface area contributed by atoms with Crippen molar-refractivity contribution in [3.63, 3.8) is 0 Å². The first kappa shape index (κ1) is 17.8. The van der Waals surface area contributed by atoms with Gasteiger partial charge in [0.2, 0.25) is 0 Å². The second kappa shape index (κ2) is 8.96. The van der Waals surface area contributed by atoms with E-state index < -0.39 is 0 Å². The van der Waals surface area contributed by atoms with Gasteiger partial charge in [-0.2, -0.15) is 0 Å². The van der Waals surface area contributed by atoms with Crippen LogP contribution in [0.4, 0.5) is 10.5 Å². The standard InChI is InChI=1S/C16H24ClN3O3/c1-23-15-6-5-12(10-14(15)17)19-16(22)18-7-9-20-8-3-2-4-13(20)11-21/h5-6,10,13,21H,2-4,7-9,11H2,1H3,(H2,18,19,22). The number of halogens is 1. The number of likely N-dealkylation sites (tertiary alicyclic amines) is 1. The Bertz CT molecular complexity index is 527. The summed E-state index contributed by atoms with van der Waals surface area (Å²) in [4.78, 5) is 14.1. The van der Waals surface area contributed by atoms with Gasteiger partial charge in [-0.25, -0.2) is 4.79 Å². The molecule has 1 unspecified atom stereocenters. The molecule has 0 aromatic heterocycles. The van der Waals surface area contributed by atoms with Gasteiger partial charge in [-0.05, 0) is 37.6 Å². The highest BCUT2D eigenvalue weighted by molar-refractivity contribution is 6.32. The number of hydrogen-bond donors (Lipinski definition) is 3. The van der Waals surface area contributed by atoms with Crippen LogP contribution < -0.4 is 15.4 Å². The molecule has 1 aliphatic rings. The smallest absolute Gasteiger partial charge is 0.319 e. The van der Waals surface area contributed by atoms with Crippen LogP contribution in [0, 0.1) is 0 Å². The summed E-state index contributed by atoms with van der Waals surface area (Å²) < 4.78 is 5.07. The van der Waals surface area contributed by atoms with Crippen LogP contribution in [0.1, 0.15) is 19.3 Å². The predicted octanol–water partition coefficient (Wildman–Crippen LogP) is 2.32. The Morgan fingerprint density at radius 3 is 3.00 bits per heavy atom. The fourth-order valence-corrected chi connectivity index (χ4v) is 3.05. The lowest BCUT2D eigenvalue weighted by Gasteiger charge is -2.34. The highest BCUT2D eigenvalue weighted by Crippen LogP contribution is 2.27. The first-order valence-electron chi connectivity index (χ1n) is 7.87. The Labute approximate surface area is 141 Å². The molecule has 23 heavy (non-hydrogen) atoms. The van der Waals surface area contributed by atoms with Crippen molar-refractivity contribution in [2.24, 2.45) is 0 Å². The molecule has 1 saturated heterocycles. The summed E-state index contributed by atoms with van der Waals surface area (Å²) in [7, 11) is 1.54. The molecule has 0 bridgehead atoms. The number of aliphatic hydroxyl groups is 1. The molecular formula is C16H24ClN3O3. The van der Waals surface area contributed by atoms with Crippen LogP contribution in [0.5, 0.6) is 5.75 Å². The molecule has 1 heterocycles. The van der Waals surface area contributed by atoms with Crippen molar-refractivity contribution in [1.29, 1.82) is 0 Å². The molecule has 6 nitrogen and oxygen atoms in total. The van der Waals surface area contributed by atoms with Crippen LogP contribution in [0.2, 0.25) is 5.02 Å². The van der Waals surface area contributed by atoms with E-state index in [9.17, 15) is 9.90 Å². The Hall–Kier alpha value is -1.50. The number of rotatable bonds is 6. The zero-order valence-electron chi connectivity index (χ0n) is 13.3. The zero-order valence-corrected chi connectivity index (χ0v) is 14.1.